The van der Waals surface area contributed by atoms with Crippen molar-refractivity contribution in [1.82, 2.24) is 20.1 Å². The van der Waals surface area contributed by atoms with Gasteiger partial charge in [-0.25, -0.2) is 13.4 Å². The third-order valence-electron chi connectivity index (χ3n) is 6.62. The Kier molecular flexibility index (Phi) is 5.77. The summed E-state index contributed by atoms with van der Waals surface area (Å²) < 4.78 is 25.7. The van der Waals surface area contributed by atoms with E-state index in [0.717, 1.165) is 30.5 Å². The summed E-state index contributed by atoms with van der Waals surface area (Å²) >= 11 is 0. The molecule has 1 aromatic heterocycles. The van der Waals surface area contributed by atoms with E-state index in [1.54, 1.807) is 0 Å². The fourth-order valence-corrected chi connectivity index (χ4v) is 6.58. The Morgan fingerprint density at radius 1 is 1.12 bits per heavy atom. The molecule has 174 valence electrons. The van der Waals surface area contributed by atoms with Gasteiger partial charge in [0.15, 0.2) is 9.84 Å². The Hall–Kier alpha value is -3.01. The number of carbonyl (C=O) groups is 2. The number of hydrogen-bond donors (Lipinski definition) is 1. The van der Waals surface area contributed by atoms with Gasteiger partial charge in [-0.05, 0) is 31.2 Å². The molecule has 3 aliphatic rings. The second-order valence-electron chi connectivity index (χ2n) is 8.95. The zero-order chi connectivity index (χ0) is 23.0. The summed E-state index contributed by atoms with van der Waals surface area (Å²) in [6.45, 7) is 0.685. The Morgan fingerprint density at radius 3 is 2.70 bits per heavy atom. The van der Waals surface area contributed by atoms with Crippen LogP contribution in [-0.4, -0.2) is 58.3 Å². The van der Waals surface area contributed by atoms with E-state index in [2.05, 4.69) is 27.6 Å². The molecule has 1 aromatic carbocycles. The number of hydrogen-bond acceptors (Lipinski definition) is 6. The minimum absolute atomic E-state index is 0.0519. The van der Waals surface area contributed by atoms with Crippen LogP contribution >= 0.6 is 0 Å². The maximum Gasteiger partial charge on any atom is 0.267 e. The lowest BCUT2D eigenvalue weighted by Crippen LogP contribution is -2.44. The number of benzene rings is 1. The third kappa shape index (κ3) is 4.57. The van der Waals surface area contributed by atoms with Crippen molar-refractivity contribution in [2.75, 3.05) is 11.5 Å². The standard InChI is InChI=1S/C23H27N5O4S/c29-22-10-9-20(26-28(22)17-11-12-33(31,32)15-17)23(30)25-19-7-4-8-21-18(19)13-24-27(21)14-16-5-2-1-3-6-16/h1-3,5-6,13,17,19H,4,7-12,14-15H2,(H,25,30). The van der Waals surface area contributed by atoms with Crippen molar-refractivity contribution in [2.45, 2.75) is 57.2 Å². The van der Waals surface area contributed by atoms with Gasteiger partial charge in [-0.3, -0.25) is 14.3 Å². The van der Waals surface area contributed by atoms with Gasteiger partial charge in [-0.1, -0.05) is 30.3 Å². The van der Waals surface area contributed by atoms with Crippen LogP contribution in [0.1, 0.15) is 55.0 Å². The first-order valence-corrected chi connectivity index (χ1v) is 13.2. The fourth-order valence-electron chi connectivity index (χ4n) is 4.89. The molecular formula is C23H27N5O4S. The highest BCUT2D eigenvalue weighted by Gasteiger charge is 2.37. The first-order valence-electron chi connectivity index (χ1n) is 11.4. The molecule has 0 spiro atoms. The number of nitrogens with one attached hydrogen (secondary N) is 1. The molecule has 2 amide bonds. The third-order valence-corrected chi connectivity index (χ3v) is 8.37. The van der Waals surface area contributed by atoms with E-state index in [1.165, 1.54) is 10.6 Å². The molecule has 1 N–H and O–H groups in total. The second-order valence-corrected chi connectivity index (χ2v) is 11.2. The number of sulfone groups is 1. The normalized spacial score (nSPS) is 24.3. The lowest BCUT2D eigenvalue weighted by Gasteiger charge is -2.29. The molecule has 0 bridgehead atoms. The van der Waals surface area contributed by atoms with Crippen LogP contribution in [0.25, 0.3) is 0 Å². The maximum atomic E-state index is 13.0. The molecule has 5 rings (SSSR count). The van der Waals surface area contributed by atoms with Crippen LogP contribution < -0.4 is 5.32 Å². The summed E-state index contributed by atoms with van der Waals surface area (Å²) in [5.41, 5.74) is 3.61. The highest BCUT2D eigenvalue weighted by atomic mass is 32.2. The summed E-state index contributed by atoms with van der Waals surface area (Å²) in [6, 6.07) is 9.50. The predicted molar refractivity (Wildman–Crippen MR) is 122 cm³/mol. The SMILES string of the molecule is O=C(NC1CCCc2c1cnn2Cc1ccccc1)C1=NN(C2CCS(=O)(=O)C2)C(=O)CC1. The zero-order valence-electron chi connectivity index (χ0n) is 18.3. The monoisotopic (exact) mass is 469 g/mol. The Balaban J connectivity index is 1.31. The smallest absolute Gasteiger partial charge is 0.267 e. The Bertz CT molecular complexity index is 1200. The van der Waals surface area contributed by atoms with E-state index in [1.807, 2.05) is 29.1 Å². The summed E-state index contributed by atoms with van der Waals surface area (Å²) in [4.78, 5) is 25.4. The molecule has 0 saturated carbocycles. The van der Waals surface area contributed by atoms with Crippen molar-refractivity contribution in [3.05, 3.63) is 53.3 Å². The van der Waals surface area contributed by atoms with Crippen molar-refractivity contribution in [2.24, 2.45) is 5.10 Å². The highest BCUT2D eigenvalue weighted by Crippen LogP contribution is 2.30. The quantitative estimate of drug-likeness (QED) is 0.714. The van der Waals surface area contributed by atoms with Crippen molar-refractivity contribution < 1.29 is 18.0 Å². The molecule has 9 nitrogen and oxygen atoms in total. The van der Waals surface area contributed by atoms with Gasteiger partial charge < -0.3 is 5.32 Å². The first-order chi connectivity index (χ1) is 15.9. The molecule has 1 fully saturated rings. The van der Waals surface area contributed by atoms with Crippen LogP contribution in [0.4, 0.5) is 0 Å². The van der Waals surface area contributed by atoms with Crippen LogP contribution in [0.15, 0.2) is 41.6 Å². The summed E-state index contributed by atoms with van der Waals surface area (Å²) in [6.07, 6.45) is 5.28. The van der Waals surface area contributed by atoms with Crippen molar-refractivity contribution >= 4 is 27.4 Å². The average molecular weight is 470 g/mol. The Morgan fingerprint density at radius 2 is 1.94 bits per heavy atom. The van der Waals surface area contributed by atoms with Crippen LogP contribution in [-0.2, 0) is 32.4 Å². The minimum Gasteiger partial charge on any atom is -0.344 e. The summed E-state index contributed by atoms with van der Waals surface area (Å²) in [7, 11) is -3.16. The maximum absolute atomic E-state index is 13.0. The highest BCUT2D eigenvalue weighted by molar-refractivity contribution is 7.91. The van der Waals surface area contributed by atoms with E-state index < -0.39 is 15.9 Å². The number of hydrazone groups is 1. The lowest BCUT2D eigenvalue weighted by atomic mass is 9.92. The van der Waals surface area contributed by atoms with E-state index >= 15 is 0 Å². The number of nitrogens with zero attached hydrogens (tertiary/aromatic N) is 4. The molecule has 2 aromatic rings. The predicted octanol–water partition coefficient (Wildman–Crippen LogP) is 1.59. The van der Waals surface area contributed by atoms with Gasteiger partial charge in [0.1, 0.15) is 5.71 Å². The van der Waals surface area contributed by atoms with Gasteiger partial charge in [0.05, 0.1) is 36.3 Å². The first kappa shape index (κ1) is 21.8. The number of fused-ring (bicyclic) bond motifs is 1. The number of carbonyl (C=O) groups excluding carboxylic acids is 2. The van der Waals surface area contributed by atoms with Crippen molar-refractivity contribution in [3.8, 4) is 0 Å². The molecule has 33 heavy (non-hydrogen) atoms. The lowest BCUT2D eigenvalue weighted by molar-refractivity contribution is -0.133. The molecule has 2 unspecified atom stereocenters. The van der Waals surface area contributed by atoms with Crippen LogP contribution in [0.5, 0.6) is 0 Å². The van der Waals surface area contributed by atoms with Gasteiger partial charge >= 0.3 is 0 Å². The molecule has 0 radical (unpaired) electrons. The number of amides is 2. The van der Waals surface area contributed by atoms with Crippen molar-refractivity contribution in [1.29, 1.82) is 0 Å². The van der Waals surface area contributed by atoms with Gasteiger partial charge in [-0.15, -0.1) is 0 Å². The van der Waals surface area contributed by atoms with E-state index in [0.29, 0.717) is 13.0 Å². The summed E-state index contributed by atoms with van der Waals surface area (Å²) in [5.74, 6) is -0.571. The van der Waals surface area contributed by atoms with Crippen LogP contribution in [0, 0.1) is 0 Å². The molecule has 1 saturated heterocycles. The molecule has 3 heterocycles. The summed E-state index contributed by atoms with van der Waals surface area (Å²) in [5, 5.41) is 13.2. The molecule has 2 atom stereocenters. The van der Waals surface area contributed by atoms with E-state index in [-0.39, 0.29) is 47.9 Å². The average Bonchev–Trinajstić information content (AvgIpc) is 3.38. The zero-order valence-corrected chi connectivity index (χ0v) is 19.1. The minimum atomic E-state index is -3.16. The molecule has 2 aliphatic heterocycles. The van der Waals surface area contributed by atoms with E-state index in [4.69, 9.17) is 0 Å². The van der Waals surface area contributed by atoms with E-state index in [9.17, 15) is 18.0 Å². The topological polar surface area (TPSA) is 114 Å². The van der Waals surface area contributed by atoms with Crippen LogP contribution in [0.2, 0.25) is 0 Å². The largest absolute Gasteiger partial charge is 0.344 e. The molecular weight excluding hydrogens is 442 g/mol. The van der Waals surface area contributed by atoms with Crippen LogP contribution in [0.3, 0.4) is 0 Å². The van der Waals surface area contributed by atoms with Gasteiger partial charge in [0.25, 0.3) is 5.91 Å². The Labute approximate surface area is 192 Å². The van der Waals surface area contributed by atoms with Gasteiger partial charge in [0, 0.05) is 24.1 Å². The number of rotatable bonds is 5. The molecule has 10 heteroatoms. The fraction of sp³-hybridized carbons (Fsp3) is 0.478. The second kappa shape index (κ2) is 8.74. The van der Waals surface area contributed by atoms with Crippen molar-refractivity contribution in [3.63, 3.8) is 0 Å². The van der Waals surface area contributed by atoms with Gasteiger partial charge in [0.2, 0.25) is 5.91 Å². The molecule has 1 aliphatic carbocycles. The van der Waals surface area contributed by atoms with Gasteiger partial charge in [-0.2, -0.15) is 10.2 Å². The number of aromatic nitrogens is 2.